The molecule has 3 heteroatoms. The van der Waals surface area contributed by atoms with E-state index in [1.807, 2.05) is 18.2 Å². The maximum atomic E-state index is 10.6. The van der Waals surface area contributed by atoms with E-state index in [0.717, 1.165) is 28.6 Å². The van der Waals surface area contributed by atoms with Gasteiger partial charge < -0.3 is 9.84 Å². The molecule has 1 saturated carbocycles. The number of hydrogen-bond donors (Lipinski definition) is 1. The Balaban J connectivity index is 2.18. The molecule has 1 N–H and O–H groups in total. The summed E-state index contributed by atoms with van der Waals surface area (Å²) >= 11 is 3.53. The van der Waals surface area contributed by atoms with E-state index in [4.69, 9.17) is 4.74 Å². The first-order chi connectivity index (χ1) is 8.72. The minimum atomic E-state index is -0.382. The first kappa shape index (κ1) is 13.9. The first-order valence-corrected chi connectivity index (χ1v) is 7.53. The number of methoxy groups -OCH3 is 1. The van der Waals surface area contributed by atoms with Crippen molar-refractivity contribution < 1.29 is 9.84 Å². The smallest absolute Gasteiger partial charge is 0.119 e. The average Bonchev–Trinajstić information content (AvgIpc) is 2.67. The van der Waals surface area contributed by atoms with E-state index < -0.39 is 0 Å². The van der Waals surface area contributed by atoms with Crippen LogP contribution in [0.3, 0.4) is 0 Å². The van der Waals surface area contributed by atoms with Gasteiger partial charge in [-0.1, -0.05) is 41.6 Å². The number of ether oxygens (including phenoxy) is 1. The minimum absolute atomic E-state index is 0.382. The van der Waals surface area contributed by atoms with E-state index in [1.54, 1.807) is 7.11 Å². The van der Waals surface area contributed by atoms with E-state index in [9.17, 15) is 5.11 Å². The van der Waals surface area contributed by atoms with Crippen LogP contribution >= 0.6 is 15.9 Å². The molecule has 1 unspecified atom stereocenters. The van der Waals surface area contributed by atoms with Gasteiger partial charge >= 0.3 is 0 Å². The predicted octanol–water partition coefficient (Wildman–Crippen LogP) is 4.46. The summed E-state index contributed by atoms with van der Waals surface area (Å²) in [6.07, 6.45) is 6.97. The molecular formula is C15H21BrO2. The second-order valence-corrected chi connectivity index (χ2v) is 5.94. The Bertz CT molecular complexity index is 384. The molecular weight excluding hydrogens is 292 g/mol. The topological polar surface area (TPSA) is 29.5 Å². The Morgan fingerprint density at radius 3 is 2.50 bits per heavy atom. The zero-order valence-corrected chi connectivity index (χ0v) is 12.4. The molecule has 0 heterocycles. The third kappa shape index (κ3) is 3.27. The monoisotopic (exact) mass is 312 g/mol. The van der Waals surface area contributed by atoms with Gasteiger partial charge in [0.15, 0.2) is 0 Å². The van der Waals surface area contributed by atoms with Crippen LogP contribution in [0.5, 0.6) is 5.75 Å². The van der Waals surface area contributed by atoms with Crippen LogP contribution in [0.15, 0.2) is 22.7 Å². The van der Waals surface area contributed by atoms with Crippen molar-refractivity contribution in [3.63, 3.8) is 0 Å². The maximum absolute atomic E-state index is 10.6. The lowest BCUT2D eigenvalue weighted by atomic mass is 9.89. The second-order valence-electron chi connectivity index (χ2n) is 5.08. The molecule has 1 fully saturated rings. The van der Waals surface area contributed by atoms with Gasteiger partial charge in [-0.2, -0.15) is 0 Å². The second kappa shape index (κ2) is 6.58. The van der Waals surface area contributed by atoms with Gasteiger partial charge in [-0.05, 0) is 42.5 Å². The minimum Gasteiger partial charge on any atom is -0.497 e. The van der Waals surface area contributed by atoms with Crippen molar-refractivity contribution in [3.05, 3.63) is 28.2 Å². The van der Waals surface area contributed by atoms with Crippen molar-refractivity contribution in [2.24, 2.45) is 5.92 Å². The summed E-state index contributed by atoms with van der Waals surface area (Å²) in [7, 11) is 1.66. The van der Waals surface area contributed by atoms with Gasteiger partial charge in [-0.25, -0.2) is 0 Å². The van der Waals surface area contributed by atoms with Gasteiger partial charge in [0.2, 0.25) is 0 Å². The molecule has 1 atom stereocenters. The van der Waals surface area contributed by atoms with Gasteiger partial charge in [-0.15, -0.1) is 0 Å². The largest absolute Gasteiger partial charge is 0.497 e. The summed E-state index contributed by atoms with van der Waals surface area (Å²) in [4.78, 5) is 0. The molecule has 0 bridgehead atoms. The average molecular weight is 313 g/mol. The zero-order chi connectivity index (χ0) is 13.0. The van der Waals surface area contributed by atoms with Crippen molar-refractivity contribution in [2.45, 2.75) is 44.6 Å². The third-order valence-corrected chi connectivity index (χ3v) is 4.59. The van der Waals surface area contributed by atoms with Crippen molar-refractivity contribution in [3.8, 4) is 5.75 Å². The highest BCUT2D eigenvalue weighted by Crippen LogP contribution is 2.37. The van der Waals surface area contributed by atoms with Crippen LogP contribution in [-0.4, -0.2) is 12.2 Å². The van der Waals surface area contributed by atoms with Gasteiger partial charge in [0, 0.05) is 4.47 Å². The third-order valence-electron chi connectivity index (χ3n) is 3.87. The number of hydrogen-bond acceptors (Lipinski definition) is 2. The quantitative estimate of drug-likeness (QED) is 0.835. The Labute approximate surface area is 117 Å². The molecule has 2 rings (SSSR count). The van der Waals surface area contributed by atoms with E-state index in [1.165, 1.54) is 25.7 Å². The fourth-order valence-corrected chi connectivity index (χ4v) is 3.24. The van der Waals surface area contributed by atoms with Crippen molar-refractivity contribution >= 4 is 15.9 Å². The van der Waals surface area contributed by atoms with Crippen molar-refractivity contribution in [1.82, 2.24) is 0 Å². The maximum Gasteiger partial charge on any atom is 0.119 e. The molecule has 0 aromatic heterocycles. The molecule has 0 saturated heterocycles. The molecule has 0 radical (unpaired) electrons. The molecule has 1 aliphatic carbocycles. The highest BCUT2D eigenvalue weighted by Gasteiger charge is 2.24. The number of rotatable bonds is 3. The molecule has 1 aromatic rings. The molecule has 18 heavy (non-hydrogen) atoms. The Morgan fingerprint density at radius 1 is 1.22 bits per heavy atom. The summed E-state index contributed by atoms with van der Waals surface area (Å²) in [5.74, 6) is 1.19. The summed E-state index contributed by atoms with van der Waals surface area (Å²) in [5, 5.41) is 10.6. The van der Waals surface area contributed by atoms with E-state index in [0.29, 0.717) is 5.92 Å². The summed E-state index contributed by atoms with van der Waals surface area (Å²) in [6, 6.07) is 5.81. The van der Waals surface area contributed by atoms with Crippen molar-refractivity contribution in [2.75, 3.05) is 7.11 Å². The van der Waals surface area contributed by atoms with Crippen LogP contribution in [0.1, 0.15) is 50.2 Å². The Hall–Kier alpha value is -0.540. The van der Waals surface area contributed by atoms with Gasteiger partial charge in [0.25, 0.3) is 0 Å². The predicted molar refractivity (Wildman–Crippen MR) is 76.8 cm³/mol. The zero-order valence-electron chi connectivity index (χ0n) is 10.9. The molecule has 2 nitrogen and oxygen atoms in total. The Kier molecular flexibility index (Phi) is 5.07. The van der Waals surface area contributed by atoms with Crippen LogP contribution in [-0.2, 0) is 0 Å². The number of benzene rings is 1. The highest BCUT2D eigenvalue weighted by molar-refractivity contribution is 9.10. The first-order valence-electron chi connectivity index (χ1n) is 6.74. The van der Waals surface area contributed by atoms with Gasteiger partial charge in [-0.3, -0.25) is 0 Å². The van der Waals surface area contributed by atoms with Crippen LogP contribution in [0, 0.1) is 5.92 Å². The fourth-order valence-electron chi connectivity index (χ4n) is 2.76. The summed E-state index contributed by atoms with van der Waals surface area (Å²) in [6.45, 7) is 0. The van der Waals surface area contributed by atoms with Crippen LogP contribution < -0.4 is 4.74 Å². The fraction of sp³-hybridized carbons (Fsp3) is 0.600. The van der Waals surface area contributed by atoms with Crippen molar-refractivity contribution in [1.29, 1.82) is 0 Å². The SMILES string of the molecule is COc1ccc(Br)c(C(O)C2CCCCCC2)c1. The number of aliphatic hydroxyl groups is 1. The summed E-state index contributed by atoms with van der Waals surface area (Å²) in [5.41, 5.74) is 0.959. The summed E-state index contributed by atoms with van der Waals surface area (Å²) < 4.78 is 6.21. The van der Waals surface area contributed by atoms with E-state index in [2.05, 4.69) is 15.9 Å². The molecule has 1 aromatic carbocycles. The Morgan fingerprint density at radius 2 is 1.89 bits per heavy atom. The molecule has 0 aliphatic heterocycles. The van der Waals surface area contributed by atoms with E-state index >= 15 is 0 Å². The van der Waals surface area contributed by atoms with Crippen LogP contribution in [0.2, 0.25) is 0 Å². The number of aliphatic hydroxyl groups excluding tert-OH is 1. The molecule has 1 aliphatic rings. The molecule has 0 spiro atoms. The van der Waals surface area contributed by atoms with Crippen LogP contribution in [0.4, 0.5) is 0 Å². The standard InChI is InChI=1S/C15H21BrO2/c1-18-12-8-9-14(16)13(10-12)15(17)11-6-4-2-3-5-7-11/h8-11,15,17H,2-7H2,1H3. The lowest BCUT2D eigenvalue weighted by Crippen LogP contribution is -2.12. The molecule has 100 valence electrons. The van der Waals surface area contributed by atoms with E-state index in [-0.39, 0.29) is 6.10 Å². The number of halogens is 1. The van der Waals surface area contributed by atoms with Gasteiger partial charge in [0.1, 0.15) is 5.75 Å². The van der Waals surface area contributed by atoms with Crippen LogP contribution in [0.25, 0.3) is 0 Å². The molecule has 0 amide bonds. The lowest BCUT2D eigenvalue weighted by Gasteiger charge is -2.23. The normalized spacial score (nSPS) is 19.3. The lowest BCUT2D eigenvalue weighted by molar-refractivity contribution is 0.0979. The highest BCUT2D eigenvalue weighted by atomic mass is 79.9. The van der Waals surface area contributed by atoms with Gasteiger partial charge in [0.05, 0.1) is 13.2 Å².